The molecule has 0 heterocycles. The van der Waals surface area contributed by atoms with Crippen LogP contribution in [0.15, 0.2) is 27.4 Å². The van der Waals surface area contributed by atoms with Crippen LogP contribution in [0.2, 0.25) is 0 Å². The summed E-state index contributed by atoms with van der Waals surface area (Å²) >= 11 is 10.9. The van der Waals surface area contributed by atoms with Crippen molar-refractivity contribution in [1.29, 1.82) is 0 Å². The standard InChI is InChI=1S/C7H3Cl2F3/c8-5-2-1-4(3-6(5)9)7(10,11)12/h2H,3H2. The van der Waals surface area contributed by atoms with Crippen LogP contribution in [-0.4, -0.2) is 6.18 Å². The molecule has 0 saturated heterocycles. The lowest BCUT2D eigenvalue weighted by Crippen LogP contribution is -2.12. The zero-order valence-corrected chi connectivity index (χ0v) is 7.19. The van der Waals surface area contributed by atoms with Crippen LogP contribution < -0.4 is 0 Å². The van der Waals surface area contributed by atoms with E-state index in [0.717, 1.165) is 6.08 Å². The number of hydrogen-bond donors (Lipinski definition) is 0. The third-order valence-electron chi connectivity index (χ3n) is 1.31. The Bertz CT molecular complexity index is 292. The highest BCUT2D eigenvalue weighted by Crippen LogP contribution is 2.35. The van der Waals surface area contributed by atoms with Gasteiger partial charge in [-0.15, -0.1) is 5.73 Å². The molecular formula is C7H3Cl2F3. The third kappa shape index (κ3) is 2.07. The summed E-state index contributed by atoms with van der Waals surface area (Å²) in [5.74, 6) is 0. The van der Waals surface area contributed by atoms with E-state index in [2.05, 4.69) is 0 Å². The highest BCUT2D eigenvalue weighted by atomic mass is 35.5. The topological polar surface area (TPSA) is 0 Å². The van der Waals surface area contributed by atoms with Crippen molar-refractivity contribution in [2.45, 2.75) is 12.6 Å². The molecule has 1 rings (SSSR count). The fraction of sp³-hybridized carbons (Fsp3) is 0.286. The average molecular weight is 215 g/mol. The molecule has 1 aliphatic carbocycles. The fourth-order valence-electron chi connectivity index (χ4n) is 0.702. The lowest BCUT2D eigenvalue weighted by Gasteiger charge is -2.11. The van der Waals surface area contributed by atoms with Crippen LogP contribution in [-0.2, 0) is 0 Å². The first-order valence-corrected chi connectivity index (χ1v) is 3.74. The van der Waals surface area contributed by atoms with Crippen molar-refractivity contribution in [1.82, 2.24) is 0 Å². The Morgan fingerprint density at radius 3 is 2.33 bits per heavy atom. The van der Waals surface area contributed by atoms with Crippen LogP contribution in [0.3, 0.4) is 0 Å². The number of rotatable bonds is 0. The van der Waals surface area contributed by atoms with Crippen molar-refractivity contribution in [2.24, 2.45) is 0 Å². The summed E-state index contributed by atoms with van der Waals surface area (Å²) in [6, 6.07) is 0. The minimum atomic E-state index is -4.37. The molecule has 0 N–H and O–H groups in total. The molecule has 0 aromatic carbocycles. The molecule has 0 bridgehead atoms. The van der Waals surface area contributed by atoms with Crippen molar-refractivity contribution < 1.29 is 13.2 Å². The molecule has 0 unspecified atom stereocenters. The minimum Gasteiger partial charge on any atom is -0.166 e. The van der Waals surface area contributed by atoms with Crippen molar-refractivity contribution in [3.8, 4) is 0 Å². The summed E-state index contributed by atoms with van der Waals surface area (Å²) in [6.07, 6.45) is -3.73. The second-order valence-corrected chi connectivity index (χ2v) is 3.06. The zero-order chi connectivity index (χ0) is 9.35. The van der Waals surface area contributed by atoms with E-state index in [1.165, 1.54) is 0 Å². The second kappa shape index (κ2) is 3.17. The molecule has 0 aromatic heterocycles. The molecule has 0 spiro atoms. The van der Waals surface area contributed by atoms with Gasteiger partial charge in [-0.1, -0.05) is 23.2 Å². The Balaban J connectivity index is 2.98. The maximum Gasteiger partial charge on any atom is 0.420 e. The number of allylic oxidation sites excluding steroid dienone is 3. The summed E-state index contributed by atoms with van der Waals surface area (Å²) in [4.78, 5) is 0. The lowest BCUT2D eigenvalue weighted by molar-refractivity contribution is -0.0928. The lowest BCUT2D eigenvalue weighted by atomic mass is 10.1. The van der Waals surface area contributed by atoms with Crippen LogP contribution >= 0.6 is 23.2 Å². The quantitative estimate of drug-likeness (QED) is 0.540. The van der Waals surface area contributed by atoms with Gasteiger partial charge < -0.3 is 0 Å². The van der Waals surface area contributed by atoms with E-state index < -0.39 is 11.7 Å². The maximum atomic E-state index is 12.0. The molecule has 0 amide bonds. The predicted molar refractivity (Wildman–Crippen MR) is 41.0 cm³/mol. The van der Waals surface area contributed by atoms with Crippen molar-refractivity contribution >= 4 is 23.2 Å². The van der Waals surface area contributed by atoms with Gasteiger partial charge in [0.2, 0.25) is 0 Å². The largest absolute Gasteiger partial charge is 0.420 e. The molecular weight excluding hydrogens is 212 g/mol. The van der Waals surface area contributed by atoms with E-state index in [4.69, 9.17) is 23.2 Å². The summed E-state index contributed by atoms with van der Waals surface area (Å²) in [7, 11) is 0. The van der Waals surface area contributed by atoms with Gasteiger partial charge in [-0.3, -0.25) is 0 Å². The Morgan fingerprint density at radius 1 is 1.33 bits per heavy atom. The molecule has 0 fully saturated rings. The predicted octanol–water partition coefficient (Wildman–Crippen LogP) is 3.72. The molecule has 0 atom stereocenters. The third-order valence-corrected chi connectivity index (χ3v) is 2.08. The summed E-state index contributed by atoms with van der Waals surface area (Å²) < 4.78 is 36.0. The van der Waals surface area contributed by atoms with Gasteiger partial charge in [-0.05, 0) is 0 Å². The van der Waals surface area contributed by atoms with E-state index in [1.807, 2.05) is 5.73 Å². The molecule has 0 aromatic rings. The van der Waals surface area contributed by atoms with Crippen LogP contribution in [0.5, 0.6) is 0 Å². The monoisotopic (exact) mass is 214 g/mol. The van der Waals surface area contributed by atoms with Crippen molar-refractivity contribution in [3.63, 3.8) is 0 Å². The van der Waals surface area contributed by atoms with Gasteiger partial charge in [-0.25, -0.2) is 0 Å². The highest BCUT2D eigenvalue weighted by molar-refractivity contribution is 6.40. The Kier molecular flexibility index (Phi) is 2.57. The molecule has 0 nitrogen and oxygen atoms in total. The van der Waals surface area contributed by atoms with Gasteiger partial charge >= 0.3 is 6.18 Å². The number of halogens is 5. The molecule has 66 valence electrons. The van der Waals surface area contributed by atoms with Gasteiger partial charge in [0, 0.05) is 17.5 Å². The van der Waals surface area contributed by atoms with E-state index in [1.54, 1.807) is 0 Å². The normalized spacial score (nSPS) is 18.2. The van der Waals surface area contributed by atoms with Gasteiger partial charge in [-0.2, -0.15) is 13.2 Å². The van der Waals surface area contributed by atoms with E-state index in [-0.39, 0.29) is 16.5 Å². The van der Waals surface area contributed by atoms with Crippen molar-refractivity contribution in [3.05, 3.63) is 27.4 Å². The van der Waals surface area contributed by atoms with Crippen LogP contribution in [0.4, 0.5) is 13.2 Å². The first-order chi connectivity index (χ1) is 5.41. The van der Waals surface area contributed by atoms with Crippen molar-refractivity contribution in [2.75, 3.05) is 0 Å². The summed E-state index contributed by atoms with van der Waals surface area (Å²) in [5, 5.41) is 0.118. The molecule has 5 heteroatoms. The fourth-order valence-corrected chi connectivity index (χ4v) is 1.01. The van der Waals surface area contributed by atoms with E-state index in [0.29, 0.717) is 0 Å². The van der Waals surface area contributed by atoms with Gasteiger partial charge in [0.05, 0.1) is 10.6 Å². The second-order valence-electron chi connectivity index (χ2n) is 2.19. The SMILES string of the molecule is FC(F)(F)C1=C=CC(Cl)=C(Cl)C1. The summed E-state index contributed by atoms with van der Waals surface area (Å²) in [6.45, 7) is 0. The minimum absolute atomic E-state index is 0.00254. The first-order valence-electron chi connectivity index (χ1n) is 2.98. The van der Waals surface area contributed by atoms with E-state index >= 15 is 0 Å². The van der Waals surface area contributed by atoms with E-state index in [9.17, 15) is 13.2 Å². The van der Waals surface area contributed by atoms with Crippen LogP contribution in [0.1, 0.15) is 6.42 Å². The summed E-state index contributed by atoms with van der Waals surface area (Å²) in [5.41, 5.74) is 1.24. The highest BCUT2D eigenvalue weighted by Gasteiger charge is 2.34. The smallest absolute Gasteiger partial charge is 0.166 e. The maximum absolute atomic E-state index is 12.0. The van der Waals surface area contributed by atoms with Crippen LogP contribution in [0.25, 0.3) is 0 Å². The molecule has 1 aliphatic rings. The van der Waals surface area contributed by atoms with Crippen LogP contribution in [0, 0.1) is 0 Å². The Labute approximate surface area is 77.0 Å². The molecule has 0 aliphatic heterocycles. The zero-order valence-electron chi connectivity index (χ0n) is 5.67. The Morgan fingerprint density at radius 2 is 1.92 bits per heavy atom. The average Bonchev–Trinajstić information content (AvgIpc) is 1.92. The molecule has 12 heavy (non-hydrogen) atoms. The molecule has 0 saturated carbocycles. The molecule has 0 radical (unpaired) electrons. The van der Waals surface area contributed by atoms with Gasteiger partial charge in [0.15, 0.2) is 0 Å². The van der Waals surface area contributed by atoms with Gasteiger partial charge in [0.25, 0.3) is 0 Å². The Hall–Kier alpha value is -0.370. The number of alkyl halides is 3. The number of hydrogen-bond acceptors (Lipinski definition) is 0. The first kappa shape index (κ1) is 9.72. The van der Waals surface area contributed by atoms with Gasteiger partial charge in [0.1, 0.15) is 0 Å².